The fourth-order valence-corrected chi connectivity index (χ4v) is 4.26. The van der Waals surface area contributed by atoms with Gasteiger partial charge in [-0.25, -0.2) is 0 Å². The Bertz CT molecular complexity index is 792. The summed E-state index contributed by atoms with van der Waals surface area (Å²) in [6, 6.07) is 5.48. The number of carbonyl (C=O) groups excluding carboxylic acids is 1. The van der Waals surface area contributed by atoms with E-state index in [1.165, 1.54) is 24.3 Å². The average molecular weight is 417 g/mol. The van der Waals surface area contributed by atoms with Crippen molar-refractivity contribution < 1.29 is 23.1 Å². The molecule has 0 unspecified atom stereocenters. The van der Waals surface area contributed by atoms with E-state index in [0.29, 0.717) is 17.9 Å². The minimum absolute atomic E-state index is 0.000842. The third-order valence-electron chi connectivity index (χ3n) is 6.43. The molecule has 3 atom stereocenters. The number of fused-ring (bicyclic) bond motifs is 1. The first-order valence-corrected chi connectivity index (χ1v) is 9.76. The van der Waals surface area contributed by atoms with Crippen molar-refractivity contribution in [1.29, 1.82) is 0 Å². The zero-order chi connectivity index (χ0) is 20.9. The predicted molar refractivity (Wildman–Crippen MR) is 101 cm³/mol. The van der Waals surface area contributed by atoms with Gasteiger partial charge in [0.1, 0.15) is 0 Å². The van der Waals surface area contributed by atoms with E-state index in [4.69, 9.17) is 11.6 Å². The number of halogens is 4. The molecule has 1 aliphatic heterocycles. The lowest BCUT2D eigenvalue weighted by molar-refractivity contribution is -0.314. The van der Waals surface area contributed by atoms with Gasteiger partial charge in [0.2, 0.25) is 0 Å². The van der Waals surface area contributed by atoms with Gasteiger partial charge >= 0.3 is 6.18 Å². The van der Waals surface area contributed by atoms with Crippen LogP contribution in [-0.2, 0) is 0 Å². The Morgan fingerprint density at radius 1 is 1.32 bits per heavy atom. The second-order valence-electron chi connectivity index (χ2n) is 8.31. The molecule has 0 radical (unpaired) electrons. The molecule has 1 heterocycles. The molecule has 1 aromatic rings. The second-order valence-corrected chi connectivity index (χ2v) is 8.74. The van der Waals surface area contributed by atoms with Crippen LogP contribution in [0, 0.1) is 17.3 Å². The highest BCUT2D eigenvalue weighted by Gasteiger charge is 2.69. The highest BCUT2D eigenvalue weighted by Crippen LogP contribution is 2.52. The zero-order valence-corrected chi connectivity index (χ0v) is 16.8. The Morgan fingerprint density at radius 3 is 2.46 bits per heavy atom. The van der Waals surface area contributed by atoms with Gasteiger partial charge in [0, 0.05) is 16.3 Å². The van der Waals surface area contributed by atoms with Crippen molar-refractivity contribution in [3.8, 4) is 0 Å². The van der Waals surface area contributed by atoms with Crippen LogP contribution >= 0.6 is 11.6 Å². The minimum atomic E-state index is -5.04. The highest BCUT2D eigenvalue weighted by atomic mass is 35.5. The van der Waals surface area contributed by atoms with E-state index in [-0.39, 0.29) is 34.0 Å². The Balaban J connectivity index is 2.00. The molecule has 0 bridgehead atoms. The molecular formula is C20H24ClF3N2O2. The SMILES string of the molecule is CCC(C)(C)[C@@H]1CCC2=NN(C(=O)c3ccc(Cl)cc3)[C@](O)(C(F)(F)F)[C@@H]2C1. The summed E-state index contributed by atoms with van der Waals surface area (Å²) in [6.07, 6.45) is -3.06. The number of benzene rings is 1. The fraction of sp³-hybridized carbons (Fsp3) is 0.600. The van der Waals surface area contributed by atoms with Gasteiger partial charge in [-0.2, -0.15) is 23.3 Å². The maximum absolute atomic E-state index is 14.1. The summed E-state index contributed by atoms with van der Waals surface area (Å²) >= 11 is 5.79. The topological polar surface area (TPSA) is 52.9 Å². The molecule has 0 saturated heterocycles. The molecule has 1 N–H and O–H groups in total. The summed E-state index contributed by atoms with van der Waals surface area (Å²) in [5.74, 6) is -2.25. The molecule has 3 rings (SSSR count). The number of alkyl halides is 3. The van der Waals surface area contributed by atoms with Crippen molar-refractivity contribution >= 4 is 23.2 Å². The molecule has 1 aromatic carbocycles. The molecule has 1 fully saturated rings. The molecule has 8 heteroatoms. The van der Waals surface area contributed by atoms with Crippen LogP contribution < -0.4 is 0 Å². The van der Waals surface area contributed by atoms with E-state index >= 15 is 0 Å². The molecule has 28 heavy (non-hydrogen) atoms. The van der Waals surface area contributed by atoms with Crippen molar-refractivity contribution in [2.75, 3.05) is 0 Å². The minimum Gasteiger partial charge on any atom is -0.362 e. The first kappa shape index (κ1) is 21.1. The van der Waals surface area contributed by atoms with Gasteiger partial charge in [-0.15, -0.1) is 0 Å². The largest absolute Gasteiger partial charge is 0.439 e. The van der Waals surface area contributed by atoms with Crippen LogP contribution in [0.4, 0.5) is 13.2 Å². The summed E-state index contributed by atoms with van der Waals surface area (Å²) in [5.41, 5.74) is -3.28. The van der Waals surface area contributed by atoms with E-state index in [2.05, 4.69) is 5.10 Å². The fourth-order valence-electron chi connectivity index (χ4n) is 4.13. The molecular weight excluding hydrogens is 393 g/mol. The molecule has 0 spiro atoms. The third-order valence-corrected chi connectivity index (χ3v) is 6.68. The number of hydrazone groups is 1. The summed E-state index contributed by atoms with van der Waals surface area (Å²) in [5, 5.41) is 15.4. The maximum atomic E-state index is 14.1. The summed E-state index contributed by atoms with van der Waals surface area (Å²) < 4.78 is 42.2. The van der Waals surface area contributed by atoms with Gasteiger partial charge in [-0.1, -0.05) is 38.8 Å². The van der Waals surface area contributed by atoms with Crippen molar-refractivity contribution in [1.82, 2.24) is 5.01 Å². The molecule has 1 amide bonds. The molecule has 0 aromatic heterocycles. The monoisotopic (exact) mass is 416 g/mol. The van der Waals surface area contributed by atoms with E-state index in [1.54, 1.807) is 0 Å². The van der Waals surface area contributed by atoms with Crippen LogP contribution in [0.5, 0.6) is 0 Å². The van der Waals surface area contributed by atoms with Crippen molar-refractivity contribution in [2.24, 2.45) is 22.4 Å². The first-order valence-electron chi connectivity index (χ1n) is 9.38. The summed E-state index contributed by atoms with van der Waals surface area (Å²) in [6.45, 7) is 6.06. The average Bonchev–Trinajstić information content (AvgIpc) is 2.95. The Kier molecular flexibility index (Phi) is 5.30. The van der Waals surface area contributed by atoms with Crippen molar-refractivity contribution in [3.05, 3.63) is 34.9 Å². The van der Waals surface area contributed by atoms with E-state index in [0.717, 1.165) is 6.42 Å². The number of amides is 1. The van der Waals surface area contributed by atoms with Crippen molar-refractivity contribution in [2.45, 2.75) is 58.4 Å². The lowest BCUT2D eigenvalue weighted by Crippen LogP contribution is -2.62. The van der Waals surface area contributed by atoms with Gasteiger partial charge in [0.05, 0.1) is 5.92 Å². The van der Waals surface area contributed by atoms with Crippen LogP contribution in [0.15, 0.2) is 29.4 Å². The van der Waals surface area contributed by atoms with Crippen LogP contribution in [0.2, 0.25) is 5.02 Å². The standard InChI is InChI=1S/C20H24ClF3N2O2/c1-4-18(2,3)13-7-10-16-15(11-13)19(28,20(22,23)24)26(25-16)17(27)12-5-8-14(21)9-6-12/h5-6,8-9,13,15,28H,4,7,10-11H2,1-3H3/t13-,15-,19-/m1/s1. The Hall–Kier alpha value is -1.60. The highest BCUT2D eigenvalue weighted by molar-refractivity contribution is 6.30. The lowest BCUT2D eigenvalue weighted by atomic mass is 9.64. The van der Waals surface area contributed by atoms with Gasteiger partial charge in [-0.05, 0) is 54.9 Å². The van der Waals surface area contributed by atoms with E-state index in [1.807, 2.05) is 20.8 Å². The van der Waals surface area contributed by atoms with Crippen LogP contribution in [-0.4, -0.2) is 33.6 Å². The number of carbonyl (C=O) groups is 1. The van der Waals surface area contributed by atoms with Gasteiger partial charge in [0.25, 0.3) is 11.6 Å². The van der Waals surface area contributed by atoms with Gasteiger partial charge < -0.3 is 5.11 Å². The number of rotatable bonds is 3. The van der Waals surface area contributed by atoms with Gasteiger partial charge in [0.15, 0.2) is 0 Å². The molecule has 1 saturated carbocycles. The second kappa shape index (κ2) is 7.02. The van der Waals surface area contributed by atoms with Crippen molar-refractivity contribution in [3.63, 3.8) is 0 Å². The first-order chi connectivity index (χ1) is 12.9. The predicted octanol–water partition coefficient (Wildman–Crippen LogP) is 5.26. The quantitative estimate of drug-likeness (QED) is 0.731. The Morgan fingerprint density at radius 2 is 1.93 bits per heavy atom. The summed E-state index contributed by atoms with van der Waals surface area (Å²) in [4.78, 5) is 12.8. The molecule has 154 valence electrons. The maximum Gasteiger partial charge on any atom is 0.439 e. The van der Waals surface area contributed by atoms with Crippen LogP contribution in [0.25, 0.3) is 0 Å². The molecule has 1 aliphatic carbocycles. The number of aliphatic hydroxyl groups is 1. The lowest BCUT2D eigenvalue weighted by Gasteiger charge is -2.43. The smallest absolute Gasteiger partial charge is 0.362 e. The summed E-state index contributed by atoms with van der Waals surface area (Å²) in [7, 11) is 0. The number of hydrogen-bond acceptors (Lipinski definition) is 3. The number of nitrogens with zero attached hydrogens (tertiary/aromatic N) is 2. The zero-order valence-electron chi connectivity index (χ0n) is 16.1. The Labute approximate surface area is 167 Å². The van der Waals surface area contributed by atoms with Gasteiger partial charge in [-0.3, -0.25) is 4.79 Å². The molecule has 2 aliphatic rings. The van der Waals surface area contributed by atoms with Crippen LogP contribution in [0.1, 0.15) is 56.8 Å². The number of hydrogen-bond donors (Lipinski definition) is 1. The third kappa shape index (κ3) is 3.32. The molecule has 4 nitrogen and oxygen atoms in total. The van der Waals surface area contributed by atoms with Crippen LogP contribution in [0.3, 0.4) is 0 Å². The normalized spacial score (nSPS) is 28.1. The van der Waals surface area contributed by atoms with E-state index < -0.39 is 23.7 Å². The van der Waals surface area contributed by atoms with E-state index in [9.17, 15) is 23.1 Å².